The van der Waals surface area contributed by atoms with Crippen LogP contribution in [0, 0.1) is 11.8 Å². The van der Waals surface area contributed by atoms with Crippen LogP contribution in [0.4, 0.5) is 0 Å². The first-order valence-corrected chi connectivity index (χ1v) is 5.86. The Labute approximate surface area is 101 Å². The maximum absolute atomic E-state index is 11.6. The summed E-state index contributed by atoms with van der Waals surface area (Å²) in [6.45, 7) is 7.55. The van der Waals surface area contributed by atoms with Gasteiger partial charge in [-0.3, -0.25) is 9.59 Å². The van der Waals surface area contributed by atoms with Crippen molar-refractivity contribution in [2.45, 2.75) is 33.1 Å². The number of ether oxygens (including phenoxy) is 2. The molecular formula is C11H19ClO4. The van der Waals surface area contributed by atoms with E-state index in [1.165, 1.54) is 0 Å². The molecule has 5 heteroatoms. The zero-order valence-electron chi connectivity index (χ0n) is 10.2. The molecule has 0 aliphatic carbocycles. The van der Waals surface area contributed by atoms with Crippen LogP contribution < -0.4 is 0 Å². The molecule has 0 N–H and O–H groups in total. The minimum absolute atomic E-state index is 0.0778. The van der Waals surface area contributed by atoms with Gasteiger partial charge < -0.3 is 9.47 Å². The average molecular weight is 251 g/mol. The molecule has 0 bridgehead atoms. The van der Waals surface area contributed by atoms with Gasteiger partial charge >= 0.3 is 11.9 Å². The van der Waals surface area contributed by atoms with Crippen LogP contribution in [0.25, 0.3) is 0 Å². The number of carbonyl (C=O) groups excluding carboxylic acids is 2. The molecule has 0 aliphatic rings. The minimum atomic E-state index is -0.987. The quantitative estimate of drug-likeness (QED) is 0.534. The Kier molecular flexibility index (Phi) is 7.13. The van der Waals surface area contributed by atoms with Crippen LogP contribution in [0.3, 0.4) is 0 Å². The molecule has 0 saturated heterocycles. The third kappa shape index (κ3) is 4.39. The number of carbonyl (C=O) groups is 2. The van der Waals surface area contributed by atoms with E-state index in [1.807, 2.05) is 13.8 Å². The fourth-order valence-electron chi connectivity index (χ4n) is 1.34. The van der Waals surface area contributed by atoms with E-state index < -0.39 is 23.2 Å². The maximum atomic E-state index is 11.6. The zero-order valence-corrected chi connectivity index (χ0v) is 10.9. The molecule has 0 aromatic heterocycles. The second-order valence-corrected chi connectivity index (χ2v) is 4.15. The van der Waals surface area contributed by atoms with E-state index >= 15 is 0 Å². The Morgan fingerprint density at radius 1 is 1.06 bits per heavy atom. The topological polar surface area (TPSA) is 52.6 Å². The van der Waals surface area contributed by atoms with Gasteiger partial charge in [-0.15, -0.1) is 11.6 Å². The monoisotopic (exact) mass is 250 g/mol. The highest BCUT2D eigenvalue weighted by atomic mass is 35.5. The van der Waals surface area contributed by atoms with Gasteiger partial charge in [-0.25, -0.2) is 0 Å². The van der Waals surface area contributed by atoms with E-state index in [0.717, 1.165) is 0 Å². The first kappa shape index (κ1) is 15.2. The Bertz CT molecular complexity index is 240. The van der Waals surface area contributed by atoms with Crippen molar-refractivity contribution < 1.29 is 19.1 Å². The molecule has 0 saturated carbocycles. The van der Waals surface area contributed by atoms with E-state index in [4.69, 9.17) is 21.1 Å². The smallest absolute Gasteiger partial charge is 0.324 e. The largest absolute Gasteiger partial charge is 0.466 e. The van der Waals surface area contributed by atoms with E-state index in [2.05, 4.69) is 0 Å². The number of hydrogen-bond acceptors (Lipinski definition) is 4. The zero-order chi connectivity index (χ0) is 12.7. The number of alkyl halides is 1. The Balaban J connectivity index is 4.64. The van der Waals surface area contributed by atoms with Crippen LogP contribution >= 0.6 is 11.6 Å². The standard InChI is InChI=1S/C11H19ClO4/c1-5-15-10(13)8(7(3)4)9(12)11(14)16-6-2/h7-9H,5-6H2,1-4H3. The molecule has 0 radical (unpaired) electrons. The Hall–Kier alpha value is -0.770. The number of rotatable bonds is 6. The van der Waals surface area contributed by atoms with Crippen molar-refractivity contribution in [1.82, 2.24) is 0 Å². The Morgan fingerprint density at radius 2 is 1.50 bits per heavy atom. The van der Waals surface area contributed by atoms with Crippen LogP contribution in [0.2, 0.25) is 0 Å². The summed E-state index contributed by atoms with van der Waals surface area (Å²) in [6.07, 6.45) is 0. The first-order chi connectivity index (χ1) is 7.45. The summed E-state index contributed by atoms with van der Waals surface area (Å²) < 4.78 is 9.67. The van der Waals surface area contributed by atoms with Gasteiger partial charge in [0.25, 0.3) is 0 Å². The molecule has 2 unspecified atom stereocenters. The van der Waals surface area contributed by atoms with Crippen LogP contribution in [-0.2, 0) is 19.1 Å². The van der Waals surface area contributed by atoms with Crippen molar-refractivity contribution in [2.24, 2.45) is 11.8 Å². The molecule has 0 aromatic carbocycles. The van der Waals surface area contributed by atoms with Crippen molar-refractivity contribution in [2.75, 3.05) is 13.2 Å². The summed E-state index contributed by atoms with van der Waals surface area (Å²) in [7, 11) is 0. The SMILES string of the molecule is CCOC(=O)C(Cl)C(C(=O)OCC)C(C)C. The average Bonchev–Trinajstić information content (AvgIpc) is 2.17. The highest BCUT2D eigenvalue weighted by molar-refractivity contribution is 6.31. The van der Waals surface area contributed by atoms with Crippen molar-refractivity contribution in [3.63, 3.8) is 0 Å². The summed E-state index contributed by atoms with van der Waals surface area (Å²) in [5.41, 5.74) is 0. The van der Waals surface area contributed by atoms with Gasteiger partial charge in [0.2, 0.25) is 0 Å². The third-order valence-corrected chi connectivity index (χ3v) is 2.55. The van der Waals surface area contributed by atoms with Crippen molar-refractivity contribution in [1.29, 1.82) is 0 Å². The minimum Gasteiger partial charge on any atom is -0.466 e. The van der Waals surface area contributed by atoms with Crippen LogP contribution in [0.15, 0.2) is 0 Å². The van der Waals surface area contributed by atoms with Gasteiger partial charge in [0.15, 0.2) is 0 Å². The van der Waals surface area contributed by atoms with Gasteiger partial charge in [-0.1, -0.05) is 13.8 Å². The molecule has 0 aromatic rings. The molecule has 94 valence electrons. The van der Waals surface area contributed by atoms with E-state index in [0.29, 0.717) is 0 Å². The van der Waals surface area contributed by atoms with E-state index in [-0.39, 0.29) is 19.1 Å². The summed E-state index contributed by atoms with van der Waals surface area (Å²) in [4.78, 5) is 23.1. The molecular weight excluding hydrogens is 232 g/mol. The second-order valence-electron chi connectivity index (χ2n) is 3.68. The summed E-state index contributed by atoms with van der Waals surface area (Å²) >= 11 is 5.93. The highest BCUT2D eigenvalue weighted by Gasteiger charge is 2.36. The molecule has 0 amide bonds. The molecule has 4 nitrogen and oxygen atoms in total. The van der Waals surface area contributed by atoms with Gasteiger partial charge in [-0.2, -0.15) is 0 Å². The van der Waals surface area contributed by atoms with Gasteiger partial charge in [-0.05, 0) is 19.8 Å². The summed E-state index contributed by atoms with van der Waals surface area (Å²) in [5.74, 6) is -1.77. The lowest BCUT2D eigenvalue weighted by Crippen LogP contribution is -2.36. The van der Waals surface area contributed by atoms with E-state index in [1.54, 1.807) is 13.8 Å². The van der Waals surface area contributed by atoms with Gasteiger partial charge in [0.1, 0.15) is 5.38 Å². The van der Waals surface area contributed by atoms with Crippen LogP contribution in [-0.4, -0.2) is 30.5 Å². The van der Waals surface area contributed by atoms with Gasteiger partial charge in [0.05, 0.1) is 19.1 Å². The Morgan fingerprint density at radius 3 is 1.88 bits per heavy atom. The lowest BCUT2D eigenvalue weighted by atomic mass is 9.92. The van der Waals surface area contributed by atoms with Crippen molar-refractivity contribution >= 4 is 23.5 Å². The molecule has 0 fully saturated rings. The second kappa shape index (κ2) is 7.49. The lowest BCUT2D eigenvalue weighted by molar-refractivity contribution is -0.155. The van der Waals surface area contributed by atoms with Gasteiger partial charge in [0, 0.05) is 0 Å². The molecule has 2 atom stereocenters. The predicted molar refractivity (Wildman–Crippen MR) is 61.2 cm³/mol. The third-order valence-electron chi connectivity index (χ3n) is 2.10. The fourth-order valence-corrected chi connectivity index (χ4v) is 1.79. The predicted octanol–water partition coefficient (Wildman–Crippen LogP) is 1.99. The molecule has 0 aliphatic heterocycles. The molecule has 0 spiro atoms. The number of esters is 2. The summed E-state index contributed by atoms with van der Waals surface area (Å²) in [6, 6.07) is 0. The maximum Gasteiger partial charge on any atom is 0.324 e. The lowest BCUT2D eigenvalue weighted by Gasteiger charge is -2.22. The normalized spacial score (nSPS) is 14.4. The van der Waals surface area contributed by atoms with Crippen molar-refractivity contribution in [3.05, 3.63) is 0 Å². The molecule has 16 heavy (non-hydrogen) atoms. The highest BCUT2D eigenvalue weighted by Crippen LogP contribution is 2.23. The molecule has 0 heterocycles. The number of hydrogen-bond donors (Lipinski definition) is 0. The van der Waals surface area contributed by atoms with Crippen LogP contribution in [0.5, 0.6) is 0 Å². The fraction of sp³-hybridized carbons (Fsp3) is 0.818. The summed E-state index contributed by atoms with van der Waals surface area (Å²) in [5, 5.41) is -0.987. The van der Waals surface area contributed by atoms with Crippen LogP contribution in [0.1, 0.15) is 27.7 Å². The van der Waals surface area contributed by atoms with Crippen molar-refractivity contribution in [3.8, 4) is 0 Å². The molecule has 0 rings (SSSR count). The first-order valence-electron chi connectivity index (χ1n) is 5.42. The van der Waals surface area contributed by atoms with E-state index in [9.17, 15) is 9.59 Å². The number of halogens is 1.